The number of methoxy groups -OCH3 is 2. The Bertz CT molecular complexity index is 1140. The molecule has 1 amide bonds. The summed E-state index contributed by atoms with van der Waals surface area (Å²) in [5.41, 5.74) is 1.22. The predicted octanol–water partition coefficient (Wildman–Crippen LogP) is 5.55. The fourth-order valence-corrected chi connectivity index (χ4v) is 6.23. The van der Waals surface area contributed by atoms with Crippen LogP contribution in [0.15, 0.2) is 60.7 Å². The molecule has 0 unspecified atom stereocenters. The minimum Gasteiger partial charge on any atom is -0.469 e. The van der Waals surface area contributed by atoms with Gasteiger partial charge in [0.2, 0.25) is 0 Å². The highest BCUT2D eigenvalue weighted by Crippen LogP contribution is 2.40. The minimum atomic E-state index is -0.657. The Labute approximate surface area is 244 Å². The van der Waals surface area contributed by atoms with Crippen LogP contribution in [0.2, 0.25) is 0 Å². The molecule has 4 rings (SSSR count). The standard InChI is InChI=1S/C17H23NO4.C16H23NO2/c1-4-14-10-18(12-17(14,2)15(19)21-3)16(20)22-11-13-8-6-5-7-9-13;1-4-14-11-17(10-13-8-6-5-7-9-13)12-16(14,2)15(18)19-3/h5-9,14H,4,10-12H2,1-3H3;5-9,14H,4,10-12H2,1-3H3/t14-,17-;14-,16-/m11/s1. The molecule has 2 heterocycles. The Kier molecular flexibility index (Phi) is 11.4. The van der Waals surface area contributed by atoms with E-state index in [0.717, 1.165) is 38.0 Å². The largest absolute Gasteiger partial charge is 0.469 e. The number of hydrogen-bond acceptors (Lipinski definition) is 7. The van der Waals surface area contributed by atoms with Crippen molar-refractivity contribution >= 4 is 18.0 Å². The van der Waals surface area contributed by atoms with Gasteiger partial charge in [0, 0.05) is 32.7 Å². The fraction of sp³-hybridized carbons (Fsp3) is 0.545. The second kappa shape index (κ2) is 14.5. The van der Waals surface area contributed by atoms with Gasteiger partial charge >= 0.3 is 18.0 Å². The number of ether oxygens (including phenoxy) is 3. The summed E-state index contributed by atoms with van der Waals surface area (Å²) >= 11 is 0. The topological polar surface area (TPSA) is 85.4 Å². The van der Waals surface area contributed by atoms with Crippen molar-refractivity contribution in [2.45, 2.75) is 53.7 Å². The molecular formula is C33H46N2O6. The first-order valence-electron chi connectivity index (χ1n) is 14.5. The lowest BCUT2D eigenvalue weighted by Crippen LogP contribution is -2.38. The van der Waals surface area contributed by atoms with Crippen molar-refractivity contribution in [3.8, 4) is 0 Å². The van der Waals surface area contributed by atoms with Crippen LogP contribution in [0.5, 0.6) is 0 Å². The van der Waals surface area contributed by atoms with E-state index in [9.17, 15) is 14.4 Å². The minimum absolute atomic E-state index is 0.0742. The molecule has 2 aliphatic rings. The van der Waals surface area contributed by atoms with Crippen LogP contribution in [0.4, 0.5) is 4.79 Å². The third-order valence-electron chi connectivity index (χ3n) is 8.79. The van der Waals surface area contributed by atoms with E-state index in [1.165, 1.54) is 19.8 Å². The molecule has 0 radical (unpaired) electrons. The van der Waals surface area contributed by atoms with Crippen LogP contribution in [0.1, 0.15) is 51.7 Å². The van der Waals surface area contributed by atoms with Gasteiger partial charge in [-0.3, -0.25) is 14.5 Å². The number of hydrogen-bond donors (Lipinski definition) is 0. The average Bonchev–Trinajstić information content (AvgIpc) is 3.53. The van der Waals surface area contributed by atoms with Gasteiger partial charge in [-0.15, -0.1) is 0 Å². The van der Waals surface area contributed by atoms with Gasteiger partial charge in [-0.05, 0) is 36.8 Å². The van der Waals surface area contributed by atoms with Crippen molar-refractivity contribution in [2.75, 3.05) is 40.4 Å². The van der Waals surface area contributed by atoms with Crippen LogP contribution < -0.4 is 0 Å². The summed E-state index contributed by atoms with van der Waals surface area (Å²) in [6.45, 7) is 11.8. The molecule has 224 valence electrons. The molecule has 0 bridgehead atoms. The molecule has 4 atom stereocenters. The Hall–Kier alpha value is -3.39. The number of amides is 1. The highest BCUT2D eigenvalue weighted by atomic mass is 16.6. The summed E-state index contributed by atoms with van der Waals surface area (Å²) < 4.78 is 15.3. The number of carbonyl (C=O) groups is 3. The van der Waals surface area contributed by atoms with Crippen molar-refractivity contribution in [1.29, 1.82) is 0 Å². The Morgan fingerprint density at radius 1 is 0.756 bits per heavy atom. The Morgan fingerprint density at radius 2 is 1.24 bits per heavy atom. The third-order valence-corrected chi connectivity index (χ3v) is 8.79. The molecule has 8 nitrogen and oxygen atoms in total. The summed E-state index contributed by atoms with van der Waals surface area (Å²) in [5.74, 6) is 0.125. The van der Waals surface area contributed by atoms with Gasteiger partial charge in [-0.1, -0.05) is 87.4 Å². The van der Waals surface area contributed by atoms with Crippen molar-refractivity contribution in [3.63, 3.8) is 0 Å². The van der Waals surface area contributed by atoms with Crippen LogP contribution in [0.3, 0.4) is 0 Å². The Morgan fingerprint density at radius 3 is 1.76 bits per heavy atom. The molecule has 2 saturated heterocycles. The van der Waals surface area contributed by atoms with E-state index in [2.05, 4.69) is 36.1 Å². The SMILES string of the molecule is CC[C@@H]1CN(C(=O)OCc2ccccc2)C[C@@]1(C)C(=O)OC.CC[C@@H]1CN(Cc2ccccc2)C[C@@]1(C)C(=O)OC. The van der Waals surface area contributed by atoms with Gasteiger partial charge in [0.1, 0.15) is 6.61 Å². The van der Waals surface area contributed by atoms with Crippen LogP contribution in [-0.4, -0.2) is 68.2 Å². The van der Waals surface area contributed by atoms with E-state index >= 15 is 0 Å². The van der Waals surface area contributed by atoms with Crippen LogP contribution in [-0.2, 0) is 37.0 Å². The predicted molar refractivity (Wildman–Crippen MR) is 158 cm³/mol. The molecule has 0 aliphatic carbocycles. The fourth-order valence-electron chi connectivity index (χ4n) is 6.23. The summed E-state index contributed by atoms with van der Waals surface area (Å²) in [4.78, 5) is 40.3. The first kappa shape index (κ1) is 32.1. The number of carbonyl (C=O) groups excluding carboxylic acids is 3. The van der Waals surface area contributed by atoms with Crippen LogP contribution >= 0.6 is 0 Å². The van der Waals surface area contributed by atoms with Gasteiger partial charge in [-0.2, -0.15) is 0 Å². The molecule has 41 heavy (non-hydrogen) atoms. The van der Waals surface area contributed by atoms with Crippen LogP contribution in [0, 0.1) is 22.7 Å². The zero-order chi connectivity index (χ0) is 30.0. The van der Waals surface area contributed by atoms with Gasteiger partial charge in [0.25, 0.3) is 0 Å². The number of esters is 2. The molecule has 8 heteroatoms. The third kappa shape index (κ3) is 7.67. The Balaban J connectivity index is 0.000000228. The number of benzene rings is 2. The summed E-state index contributed by atoms with van der Waals surface area (Å²) in [6.07, 6.45) is 1.44. The summed E-state index contributed by atoms with van der Waals surface area (Å²) in [5, 5.41) is 0. The molecule has 2 fully saturated rings. The quantitative estimate of drug-likeness (QED) is 0.306. The zero-order valence-electron chi connectivity index (χ0n) is 25.4. The van der Waals surface area contributed by atoms with Crippen molar-refractivity contribution in [1.82, 2.24) is 9.80 Å². The monoisotopic (exact) mass is 566 g/mol. The second-order valence-electron chi connectivity index (χ2n) is 11.6. The lowest BCUT2D eigenvalue weighted by Gasteiger charge is -2.26. The van der Waals surface area contributed by atoms with Gasteiger partial charge in [0.05, 0.1) is 25.0 Å². The highest BCUT2D eigenvalue weighted by Gasteiger charge is 2.50. The normalized spacial score (nSPS) is 25.7. The smallest absolute Gasteiger partial charge is 0.410 e. The van der Waals surface area contributed by atoms with Crippen LogP contribution in [0.25, 0.3) is 0 Å². The van der Waals surface area contributed by atoms with E-state index in [1.54, 1.807) is 4.90 Å². The van der Waals surface area contributed by atoms with Crippen molar-refractivity contribution in [3.05, 3.63) is 71.8 Å². The maximum Gasteiger partial charge on any atom is 0.410 e. The van der Waals surface area contributed by atoms with Crippen molar-refractivity contribution < 1.29 is 28.6 Å². The molecule has 0 spiro atoms. The lowest BCUT2D eigenvalue weighted by molar-refractivity contribution is -0.154. The molecule has 0 N–H and O–H groups in total. The van der Waals surface area contributed by atoms with E-state index in [0.29, 0.717) is 19.0 Å². The molecule has 2 aromatic rings. The van der Waals surface area contributed by atoms with Gasteiger partial charge in [-0.25, -0.2) is 4.79 Å². The van der Waals surface area contributed by atoms with Gasteiger partial charge in [0.15, 0.2) is 0 Å². The number of nitrogens with zero attached hydrogens (tertiary/aromatic N) is 2. The number of rotatable bonds is 8. The van der Waals surface area contributed by atoms with E-state index < -0.39 is 5.41 Å². The van der Waals surface area contributed by atoms with E-state index in [-0.39, 0.29) is 36.0 Å². The average molecular weight is 567 g/mol. The zero-order valence-corrected chi connectivity index (χ0v) is 25.4. The first-order chi connectivity index (χ1) is 19.6. The maximum absolute atomic E-state index is 12.2. The number of likely N-dealkylation sites (tertiary alicyclic amines) is 2. The van der Waals surface area contributed by atoms with E-state index in [1.807, 2.05) is 57.2 Å². The molecule has 0 aromatic heterocycles. The molecular weight excluding hydrogens is 520 g/mol. The van der Waals surface area contributed by atoms with E-state index in [4.69, 9.17) is 14.2 Å². The van der Waals surface area contributed by atoms with Crippen molar-refractivity contribution in [2.24, 2.45) is 22.7 Å². The lowest BCUT2D eigenvalue weighted by atomic mass is 9.78. The first-order valence-corrected chi connectivity index (χ1v) is 14.5. The van der Waals surface area contributed by atoms with Gasteiger partial charge < -0.3 is 19.1 Å². The summed E-state index contributed by atoms with van der Waals surface area (Å²) in [6, 6.07) is 19.9. The highest BCUT2D eigenvalue weighted by molar-refractivity contribution is 5.79. The molecule has 0 saturated carbocycles. The maximum atomic E-state index is 12.2. The summed E-state index contributed by atoms with van der Waals surface area (Å²) in [7, 11) is 2.87. The second-order valence-corrected chi connectivity index (χ2v) is 11.6. The molecule has 2 aliphatic heterocycles. The molecule has 2 aromatic carbocycles.